The molecule has 0 heterocycles. The minimum atomic E-state index is -4.78. The molecule has 15 heteroatoms. The molecule has 0 saturated heterocycles. The summed E-state index contributed by atoms with van der Waals surface area (Å²) in [6.45, 7) is 2.46. The molecule has 0 bridgehead atoms. The summed E-state index contributed by atoms with van der Waals surface area (Å²) in [5.74, 6) is -3.38. The van der Waals surface area contributed by atoms with E-state index in [9.17, 15) is 38.8 Å². The number of unbranched alkanes of at least 4 members (excludes halogenated alkanes) is 21. The predicted molar refractivity (Wildman–Crippen MR) is 246 cm³/mol. The van der Waals surface area contributed by atoms with Gasteiger partial charge in [-0.25, -0.2) is 4.57 Å². The van der Waals surface area contributed by atoms with Gasteiger partial charge in [-0.05, 0) is 32.1 Å². The second-order valence-electron chi connectivity index (χ2n) is 17.4. The molecule has 14 nitrogen and oxygen atoms in total. The van der Waals surface area contributed by atoms with E-state index in [0.717, 1.165) is 38.5 Å². The molecule has 1 unspecified atom stereocenters. The molecule has 0 aromatic carbocycles. The van der Waals surface area contributed by atoms with E-state index < -0.39 is 69.9 Å². The van der Waals surface area contributed by atoms with Crippen molar-refractivity contribution in [1.29, 1.82) is 0 Å². The predicted octanol–water partition coefficient (Wildman–Crippen LogP) is 9.99. The van der Waals surface area contributed by atoms with E-state index in [0.29, 0.717) is 32.1 Å². The Morgan fingerprint density at radius 1 is 0.730 bits per heavy atom. The molecule has 0 aromatic rings. The van der Waals surface area contributed by atoms with Crippen LogP contribution in [0.2, 0.25) is 0 Å². The number of ketones is 1. The number of aliphatic hydroxyl groups is 2. The van der Waals surface area contributed by atoms with Gasteiger partial charge in [-0.1, -0.05) is 173 Å². The molecule has 0 aromatic heterocycles. The summed E-state index contributed by atoms with van der Waals surface area (Å²) in [5, 5.41) is 29.6. The summed E-state index contributed by atoms with van der Waals surface area (Å²) in [5.41, 5.74) is 5.34. The standard InChI is InChI=1S/C48H86NO13P/c1-3-5-7-8-9-10-11-12-13-14-15-16-17-18-19-20-21-22-28-32-47(54)62-40(37-60-63(57,58)61-38-43(49)48(55)56)36-59-46(53)31-27-24-23-26-30-41-42(45(52)35-44(41)51)34-33-39(50)29-25-6-4-2/h23,26,33-34,39-43,45,50,52H,3-22,24-25,27-32,35-38,49H2,1-2H3,(H,55,56)(H,57,58)/b26-23-,34-33+/t39-,40+,41+,42+,43-,45+/m0/s1. The number of carbonyl (C=O) groups excluding carboxylic acids is 3. The smallest absolute Gasteiger partial charge is 0.472 e. The first kappa shape index (κ1) is 58.6. The Balaban J connectivity index is 2.42. The van der Waals surface area contributed by atoms with Crippen molar-refractivity contribution in [3.05, 3.63) is 24.3 Å². The number of allylic oxidation sites excluding steroid dienone is 2. The van der Waals surface area contributed by atoms with Crippen LogP contribution in [0.5, 0.6) is 0 Å². The maximum absolute atomic E-state index is 12.7. The van der Waals surface area contributed by atoms with Crippen LogP contribution in [0.4, 0.5) is 0 Å². The average molecular weight is 916 g/mol. The number of ether oxygens (including phenoxy) is 2. The van der Waals surface area contributed by atoms with Gasteiger partial charge in [0.25, 0.3) is 0 Å². The molecule has 0 amide bonds. The molecule has 0 aliphatic heterocycles. The zero-order valence-electron chi connectivity index (χ0n) is 38.9. The van der Waals surface area contributed by atoms with Gasteiger partial charge in [0.2, 0.25) is 0 Å². The van der Waals surface area contributed by atoms with Gasteiger partial charge in [0.15, 0.2) is 6.10 Å². The van der Waals surface area contributed by atoms with Gasteiger partial charge in [-0.15, -0.1) is 0 Å². The van der Waals surface area contributed by atoms with Crippen LogP contribution in [0.15, 0.2) is 24.3 Å². The molecular weight excluding hydrogens is 829 g/mol. The van der Waals surface area contributed by atoms with E-state index in [-0.39, 0.29) is 36.9 Å². The number of aliphatic carboxylic acids is 1. The minimum absolute atomic E-state index is 0.0244. The number of rotatable bonds is 42. The van der Waals surface area contributed by atoms with Crippen molar-refractivity contribution in [3.63, 3.8) is 0 Å². The van der Waals surface area contributed by atoms with E-state index in [4.69, 9.17) is 24.8 Å². The third kappa shape index (κ3) is 32.0. The van der Waals surface area contributed by atoms with Crippen LogP contribution in [-0.2, 0) is 42.3 Å². The van der Waals surface area contributed by atoms with E-state index >= 15 is 0 Å². The molecule has 1 aliphatic rings. The molecular formula is C48H86NO13P. The number of phosphoric ester groups is 1. The van der Waals surface area contributed by atoms with Crippen molar-refractivity contribution in [2.24, 2.45) is 17.6 Å². The fourth-order valence-electron chi connectivity index (χ4n) is 7.64. The Hall–Kier alpha value is -2.45. The molecule has 0 radical (unpaired) electrons. The number of carboxylic acids is 1. The Morgan fingerprint density at radius 3 is 1.79 bits per heavy atom. The Bertz CT molecular complexity index is 1330. The third-order valence-corrected chi connectivity index (χ3v) is 12.5. The third-order valence-electron chi connectivity index (χ3n) is 11.6. The van der Waals surface area contributed by atoms with Crippen molar-refractivity contribution >= 4 is 31.5 Å². The van der Waals surface area contributed by atoms with Crippen molar-refractivity contribution < 1.29 is 62.5 Å². The highest BCUT2D eigenvalue weighted by atomic mass is 31.2. The van der Waals surface area contributed by atoms with Gasteiger partial charge in [0, 0.05) is 31.1 Å². The van der Waals surface area contributed by atoms with Crippen LogP contribution in [0.25, 0.3) is 0 Å². The highest BCUT2D eigenvalue weighted by Crippen LogP contribution is 2.43. The SMILES string of the molecule is CCCCCCCCCCCCCCCCCCCCCC(=O)O[C@H](COC(=O)CCC/C=C\C[C@H]1C(=O)C[C@@H](O)[C@@H]1/C=C/[C@@H](O)CCCCC)COP(=O)(O)OC[C@H](N)C(=O)O. The average Bonchev–Trinajstić information content (AvgIpc) is 3.52. The molecule has 1 rings (SSSR count). The van der Waals surface area contributed by atoms with Gasteiger partial charge >= 0.3 is 25.7 Å². The number of esters is 2. The van der Waals surface area contributed by atoms with E-state index in [1.807, 2.05) is 12.2 Å². The number of Topliss-reactive ketones (excluding diaryl/α,β-unsaturated/α-hetero) is 1. The van der Waals surface area contributed by atoms with Crippen LogP contribution in [0.1, 0.15) is 200 Å². The Morgan fingerprint density at radius 2 is 1.24 bits per heavy atom. The number of hydrogen-bond acceptors (Lipinski definition) is 12. The van der Waals surface area contributed by atoms with Crippen LogP contribution in [0, 0.1) is 11.8 Å². The minimum Gasteiger partial charge on any atom is -0.480 e. The number of nitrogens with two attached hydrogens (primary N) is 1. The lowest BCUT2D eigenvalue weighted by molar-refractivity contribution is -0.161. The summed E-state index contributed by atoms with van der Waals surface area (Å²) in [4.78, 5) is 58.9. The van der Waals surface area contributed by atoms with Gasteiger partial charge in [0.1, 0.15) is 18.4 Å². The molecule has 7 atom stereocenters. The second-order valence-corrected chi connectivity index (χ2v) is 18.8. The lowest BCUT2D eigenvalue weighted by Crippen LogP contribution is -2.34. The van der Waals surface area contributed by atoms with Gasteiger partial charge in [0.05, 0.1) is 25.4 Å². The zero-order valence-corrected chi connectivity index (χ0v) is 39.8. The fourth-order valence-corrected chi connectivity index (χ4v) is 8.41. The quantitative estimate of drug-likeness (QED) is 0.0166. The molecule has 1 saturated carbocycles. The van der Waals surface area contributed by atoms with Crippen LogP contribution >= 0.6 is 7.82 Å². The summed E-state index contributed by atoms with van der Waals surface area (Å²) < 4.78 is 32.7. The van der Waals surface area contributed by atoms with Crippen molar-refractivity contribution in [1.82, 2.24) is 0 Å². The van der Waals surface area contributed by atoms with E-state index in [1.54, 1.807) is 12.2 Å². The van der Waals surface area contributed by atoms with E-state index in [2.05, 4.69) is 18.4 Å². The van der Waals surface area contributed by atoms with E-state index in [1.165, 1.54) is 96.3 Å². The van der Waals surface area contributed by atoms with Crippen molar-refractivity contribution in [2.75, 3.05) is 19.8 Å². The van der Waals surface area contributed by atoms with Gasteiger partial charge in [-0.3, -0.25) is 28.2 Å². The topological polar surface area (TPSA) is 229 Å². The van der Waals surface area contributed by atoms with Gasteiger partial charge < -0.3 is 35.4 Å². The Kier molecular flexibility index (Phi) is 35.1. The largest absolute Gasteiger partial charge is 0.480 e. The number of aliphatic hydroxyl groups excluding tert-OH is 2. The molecule has 1 fully saturated rings. The highest BCUT2D eigenvalue weighted by Gasteiger charge is 2.39. The first-order chi connectivity index (χ1) is 30.3. The summed E-state index contributed by atoms with van der Waals surface area (Å²) in [6.07, 6.45) is 33.2. The first-order valence-electron chi connectivity index (χ1n) is 24.5. The summed E-state index contributed by atoms with van der Waals surface area (Å²) in [7, 11) is -4.78. The first-order valence-corrected chi connectivity index (χ1v) is 26.0. The monoisotopic (exact) mass is 916 g/mol. The number of phosphoric acid groups is 1. The van der Waals surface area contributed by atoms with Crippen LogP contribution < -0.4 is 5.73 Å². The number of hydrogen-bond donors (Lipinski definition) is 5. The number of carbonyl (C=O) groups is 4. The summed E-state index contributed by atoms with van der Waals surface area (Å²) >= 11 is 0. The lowest BCUT2D eigenvalue weighted by Gasteiger charge is -2.20. The maximum Gasteiger partial charge on any atom is 0.472 e. The van der Waals surface area contributed by atoms with Crippen molar-refractivity contribution in [3.8, 4) is 0 Å². The summed E-state index contributed by atoms with van der Waals surface area (Å²) in [6, 6.07) is -1.56. The Labute approximate surface area is 379 Å². The fraction of sp³-hybridized carbons (Fsp3) is 0.833. The molecule has 6 N–H and O–H groups in total. The second kappa shape index (κ2) is 37.7. The highest BCUT2D eigenvalue weighted by molar-refractivity contribution is 7.47. The molecule has 366 valence electrons. The molecule has 63 heavy (non-hydrogen) atoms. The van der Waals surface area contributed by atoms with Crippen LogP contribution in [0.3, 0.4) is 0 Å². The van der Waals surface area contributed by atoms with Crippen LogP contribution in [-0.4, -0.2) is 88.1 Å². The zero-order chi connectivity index (χ0) is 46.6. The number of carboxylic acid groups (broad SMARTS) is 1. The normalized spacial score (nSPS) is 19.1. The molecule has 1 aliphatic carbocycles. The maximum atomic E-state index is 12.7. The lowest BCUT2D eigenvalue weighted by atomic mass is 9.90. The molecule has 0 spiro atoms. The van der Waals surface area contributed by atoms with Crippen molar-refractivity contribution in [2.45, 2.75) is 224 Å². The van der Waals surface area contributed by atoms with Gasteiger partial charge in [-0.2, -0.15) is 0 Å².